The number of pyridine rings is 1. The number of fused-ring (bicyclic) bond motifs is 1. The molecule has 0 saturated carbocycles. The topological polar surface area (TPSA) is 92.7 Å². The number of H-pyrrole nitrogens is 1. The third-order valence-corrected chi connectivity index (χ3v) is 5.88. The second-order valence-electron chi connectivity index (χ2n) is 6.50. The van der Waals surface area contributed by atoms with E-state index >= 15 is 0 Å². The van der Waals surface area contributed by atoms with Crippen molar-refractivity contribution in [3.63, 3.8) is 0 Å². The minimum atomic E-state index is -0.764. The minimum Gasteiger partial charge on any atom is -0.367 e. The lowest BCUT2D eigenvalue weighted by Crippen LogP contribution is -2.14. The van der Waals surface area contributed by atoms with Gasteiger partial charge in [0.2, 0.25) is 0 Å². The first kappa shape index (κ1) is 20.8. The lowest BCUT2D eigenvalue weighted by atomic mass is 10.2. The fraction of sp³-hybridized carbons (Fsp3) is 0.389. The molecule has 2 N–H and O–H groups in total. The van der Waals surface area contributed by atoms with Crippen molar-refractivity contribution in [1.82, 2.24) is 20.0 Å². The summed E-state index contributed by atoms with van der Waals surface area (Å²) in [5.74, 6) is 1.26. The molecule has 0 spiro atoms. The third kappa shape index (κ3) is 5.33. The van der Waals surface area contributed by atoms with Crippen LogP contribution in [-0.4, -0.2) is 36.2 Å². The number of hydrogen-bond donors (Lipinski definition) is 2. The average molecular weight is 442 g/mol. The normalized spacial score (nSPS) is 12.4. The van der Waals surface area contributed by atoms with Crippen LogP contribution in [0.2, 0.25) is 10.0 Å². The maximum Gasteiger partial charge on any atom is 0.277 e. The van der Waals surface area contributed by atoms with Crippen molar-refractivity contribution in [1.29, 1.82) is 0 Å². The van der Waals surface area contributed by atoms with Crippen molar-refractivity contribution in [3.05, 3.63) is 50.2 Å². The Bertz CT molecular complexity index is 1050. The number of hydrogen-bond acceptors (Lipinski definition) is 5. The number of aromatic nitrogens is 4. The number of benzene rings is 1. The summed E-state index contributed by atoms with van der Waals surface area (Å²) in [5, 5.41) is 12.4. The van der Waals surface area contributed by atoms with Gasteiger partial charge in [-0.15, -0.1) is 5.10 Å². The summed E-state index contributed by atoms with van der Waals surface area (Å²) in [6, 6.07) is 7.13. The standard InChI is InChI=1S/C18H21Cl2N5O2S/c1-28(27)8-4-2-3-7-25-17-15(23-24-25)10-16(22-18(17)26)21-11-12-5-6-13(19)14(20)9-12/h5-6,9-10H,2-4,7-8,11H2,1H3,(H2,21,22,26). The van der Waals surface area contributed by atoms with Crippen molar-refractivity contribution in [2.45, 2.75) is 32.4 Å². The molecule has 1 atom stereocenters. The Kier molecular flexibility index (Phi) is 7.09. The summed E-state index contributed by atoms with van der Waals surface area (Å²) in [5.41, 5.74) is 1.69. The number of unbranched alkanes of at least 4 members (excludes halogenated alkanes) is 2. The molecule has 10 heteroatoms. The molecule has 2 aromatic heterocycles. The Balaban J connectivity index is 1.65. The van der Waals surface area contributed by atoms with Crippen molar-refractivity contribution in [2.24, 2.45) is 0 Å². The number of nitrogens with one attached hydrogen (secondary N) is 2. The number of anilines is 1. The lowest BCUT2D eigenvalue weighted by Gasteiger charge is -2.07. The zero-order valence-corrected chi connectivity index (χ0v) is 17.7. The number of nitrogens with zero attached hydrogens (tertiary/aromatic N) is 3. The predicted octanol–water partition coefficient (Wildman–Crippen LogP) is 3.59. The molecule has 0 bridgehead atoms. The van der Waals surface area contributed by atoms with Gasteiger partial charge in [-0.1, -0.05) is 40.9 Å². The molecule has 1 unspecified atom stereocenters. The van der Waals surface area contributed by atoms with Gasteiger partial charge in [0.25, 0.3) is 5.56 Å². The third-order valence-electron chi connectivity index (χ3n) is 4.27. The van der Waals surface area contributed by atoms with Crippen LogP contribution in [0.25, 0.3) is 11.0 Å². The van der Waals surface area contributed by atoms with Crippen LogP contribution < -0.4 is 10.9 Å². The average Bonchev–Trinajstić information content (AvgIpc) is 3.06. The van der Waals surface area contributed by atoms with Gasteiger partial charge in [-0.3, -0.25) is 9.00 Å². The van der Waals surface area contributed by atoms with Crippen LogP contribution >= 0.6 is 23.2 Å². The van der Waals surface area contributed by atoms with Crippen LogP contribution in [-0.2, 0) is 23.9 Å². The summed E-state index contributed by atoms with van der Waals surface area (Å²) >= 11 is 11.9. The van der Waals surface area contributed by atoms with Crippen LogP contribution in [0.5, 0.6) is 0 Å². The Morgan fingerprint density at radius 1 is 1.18 bits per heavy atom. The van der Waals surface area contributed by atoms with Gasteiger partial charge in [-0.05, 0) is 30.5 Å². The molecule has 28 heavy (non-hydrogen) atoms. The van der Waals surface area contributed by atoms with E-state index in [1.165, 1.54) is 0 Å². The highest BCUT2D eigenvalue weighted by Gasteiger charge is 2.11. The Morgan fingerprint density at radius 3 is 2.75 bits per heavy atom. The van der Waals surface area contributed by atoms with E-state index in [4.69, 9.17) is 23.2 Å². The van der Waals surface area contributed by atoms with E-state index < -0.39 is 10.8 Å². The second-order valence-corrected chi connectivity index (χ2v) is 8.87. The molecule has 7 nitrogen and oxygen atoms in total. The van der Waals surface area contributed by atoms with E-state index in [-0.39, 0.29) is 5.56 Å². The first-order valence-electron chi connectivity index (χ1n) is 8.88. The first-order valence-corrected chi connectivity index (χ1v) is 11.4. The molecule has 3 aromatic rings. The highest BCUT2D eigenvalue weighted by Crippen LogP contribution is 2.23. The van der Waals surface area contributed by atoms with Crippen molar-refractivity contribution in [3.8, 4) is 0 Å². The van der Waals surface area contributed by atoms with E-state index in [2.05, 4.69) is 20.6 Å². The Morgan fingerprint density at radius 2 is 2.00 bits per heavy atom. The van der Waals surface area contributed by atoms with E-state index in [0.29, 0.717) is 45.7 Å². The van der Waals surface area contributed by atoms with Crippen LogP contribution in [0.3, 0.4) is 0 Å². The Labute approximate surface area is 174 Å². The quantitative estimate of drug-likeness (QED) is 0.494. The summed E-state index contributed by atoms with van der Waals surface area (Å²) < 4.78 is 12.7. The highest BCUT2D eigenvalue weighted by atomic mass is 35.5. The largest absolute Gasteiger partial charge is 0.367 e. The maximum absolute atomic E-state index is 12.5. The molecule has 0 saturated heterocycles. The van der Waals surface area contributed by atoms with Crippen LogP contribution in [0.4, 0.5) is 5.82 Å². The van der Waals surface area contributed by atoms with Gasteiger partial charge in [0.05, 0.1) is 10.0 Å². The van der Waals surface area contributed by atoms with Gasteiger partial charge in [0, 0.05) is 42.0 Å². The monoisotopic (exact) mass is 441 g/mol. The van der Waals surface area contributed by atoms with Gasteiger partial charge in [-0.25, -0.2) is 4.68 Å². The van der Waals surface area contributed by atoms with E-state index in [9.17, 15) is 9.00 Å². The number of aryl methyl sites for hydroxylation is 1. The molecule has 0 amide bonds. The van der Waals surface area contributed by atoms with Gasteiger partial charge < -0.3 is 10.3 Å². The number of rotatable bonds is 9. The van der Waals surface area contributed by atoms with Gasteiger partial charge in [0.15, 0.2) is 5.52 Å². The smallest absolute Gasteiger partial charge is 0.277 e. The van der Waals surface area contributed by atoms with Crippen LogP contribution in [0.1, 0.15) is 24.8 Å². The summed E-state index contributed by atoms with van der Waals surface area (Å²) in [6.07, 6.45) is 4.39. The molecule has 0 fully saturated rings. The molecule has 0 aliphatic rings. The summed E-state index contributed by atoms with van der Waals surface area (Å²) in [7, 11) is -0.764. The first-order chi connectivity index (χ1) is 13.4. The summed E-state index contributed by atoms with van der Waals surface area (Å²) in [6.45, 7) is 1.08. The molecule has 0 aliphatic heterocycles. The fourth-order valence-electron chi connectivity index (χ4n) is 2.85. The minimum absolute atomic E-state index is 0.242. The molecule has 3 rings (SSSR count). The van der Waals surface area contributed by atoms with Crippen LogP contribution in [0.15, 0.2) is 29.1 Å². The maximum atomic E-state index is 12.5. The van der Waals surface area contributed by atoms with Gasteiger partial charge in [-0.2, -0.15) is 0 Å². The van der Waals surface area contributed by atoms with Gasteiger partial charge in [0.1, 0.15) is 11.3 Å². The SMILES string of the molecule is CS(=O)CCCCCn1nnc2cc(NCc3ccc(Cl)c(Cl)c3)[nH]c(=O)c21. The van der Waals surface area contributed by atoms with Crippen LogP contribution in [0, 0.1) is 0 Å². The fourth-order valence-corrected chi connectivity index (χ4v) is 3.79. The molecular weight excluding hydrogens is 421 g/mol. The second kappa shape index (κ2) is 9.54. The van der Waals surface area contributed by atoms with E-state index in [1.54, 1.807) is 29.1 Å². The molecule has 150 valence electrons. The number of aromatic amines is 1. The van der Waals surface area contributed by atoms with Crippen molar-refractivity contribution >= 4 is 50.9 Å². The van der Waals surface area contributed by atoms with E-state index in [0.717, 1.165) is 24.8 Å². The highest BCUT2D eigenvalue weighted by molar-refractivity contribution is 7.84. The molecule has 0 aliphatic carbocycles. The summed E-state index contributed by atoms with van der Waals surface area (Å²) in [4.78, 5) is 15.3. The van der Waals surface area contributed by atoms with Crippen molar-refractivity contribution in [2.75, 3.05) is 17.3 Å². The van der Waals surface area contributed by atoms with Crippen molar-refractivity contribution < 1.29 is 4.21 Å². The van der Waals surface area contributed by atoms with Gasteiger partial charge >= 0.3 is 0 Å². The zero-order chi connectivity index (χ0) is 20.1. The lowest BCUT2D eigenvalue weighted by molar-refractivity contribution is 0.549. The molecule has 1 aromatic carbocycles. The zero-order valence-electron chi connectivity index (χ0n) is 15.4. The molecule has 0 radical (unpaired) electrons. The van der Waals surface area contributed by atoms with E-state index in [1.807, 2.05) is 6.07 Å². The predicted molar refractivity (Wildman–Crippen MR) is 115 cm³/mol. The Hall–Kier alpha value is -1.90. The number of halogens is 2. The molecular formula is C18H21Cl2N5O2S. The molecule has 2 heterocycles.